The number of nitrogen functional groups attached to an aromatic ring is 1. The van der Waals surface area contributed by atoms with E-state index in [1.54, 1.807) is 12.3 Å². The van der Waals surface area contributed by atoms with Gasteiger partial charge < -0.3 is 5.73 Å². The van der Waals surface area contributed by atoms with Crippen molar-refractivity contribution in [3.8, 4) is 0 Å². The van der Waals surface area contributed by atoms with Crippen molar-refractivity contribution in [2.75, 3.05) is 10.5 Å². The molecule has 2 aromatic rings. The molecule has 8 heteroatoms. The molecule has 0 saturated carbocycles. The highest BCUT2D eigenvalue weighted by molar-refractivity contribution is 7.93. The van der Waals surface area contributed by atoms with Crippen molar-refractivity contribution in [3.63, 3.8) is 0 Å². The van der Waals surface area contributed by atoms with E-state index in [1.807, 2.05) is 0 Å². The van der Waals surface area contributed by atoms with Crippen LogP contribution in [-0.4, -0.2) is 13.4 Å². The van der Waals surface area contributed by atoms with Gasteiger partial charge in [-0.3, -0.25) is 4.72 Å². The third-order valence-corrected chi connectivity index (χ3v) is 4.79. The van der Waals surface area contributed by atoms with E-state index in [0.29, 0.717) is 10.8 Å². The van der Waals surface area contributed by atoms with Gasteiger partial charge in [0.05, 0.1) is 21.3 Å². The van der Waals surface area contributed by atoms with Crippen molar-refractivity contribution in [3.05, 3.63) is 34.3 Å². The number of nitrogens with one attached hydrogen (secondary N) is 1. The maximum atomic E-state index is 12.0. The Kier molecular flexibility index (Phi) is 3.47. The van der Waals surface area contributed by atoms with E-state index in [0.717, 1.165) is 5.69 Å². The number of anilines is 2. The standard InChI is InChI=1S/C10H10ClN3O2S2/c1-6-5-17-10(13-6)14-18(15,16)7-2-3-9(12)8(11)4-7/h2-5H,12H2,1H3,(H,13,14). The molecule has 0 aliphatic heterocycles. The topological polar surface area (TPSA) is 85.1 Å². The molecule has 5 nitrogen and oxygen atoms in total. The molecular formula is C10H10ClN3O2S2. The van der Waals surface area contributed by atoms with Gasteiger partial charge in [-0.2, -0.15) is 0 Å². The van der Waals surface area contributed by atoms with Crippen molar-refractivity contribution >= 4 is 43.8 Å². The fraction of sp³-hybridized carbons (Fsp3) is 0.100. The zero-order valence-corrected chi connectivity index (χ0v) is 11.7. The van der Waals surface area contributed by atoms with Crippen molar-refractivity contribution in [2.45, 2.75) is 11.8 Å². The van der Waals surface area contributed by atoms with Crippen molar-refractivity contribution < 1.29 is 8.42 Å². The van der Waals surface area contributed by atoms with Gasteiger partial charge in [-0.05, 0) is 25.1 Å². The first-order chi connectivity index (χ1) is 8.38. The third kappa shape index (κ3) is 2.74. The van der Waals surface area contributed by atoms with Crippen molar-refractivity contribution in [1.29, 1.82) is 0 Å². The number of thiazole rings is 1. The lowest BCUT2D eigenvalue weighted by molar-refractivity contribution is 0.601. The van der Waals surface area contributed by atoms with Crippen LogP contribution < -0.4 is 10.5 Å². The Bertz CT molecular complexity index is 682. The fourth-order valence-corrected chi connectivity index (χ4v) is 3.46. The van der Waals surface area contributed by atoms with Crippen LogP contribution >= 0.6 is 22.9 Å². The zero-order valence-electron chi connectivity index (χ0n) is 9.34. The monoisotopic (exact) mass is 303 g/mol. The highest BCUT2D eigenvalue weighted by atomic mass is 35.5. The largest absolute Gasteiger partial charge is 0.398 e. The molecule has 1 heterocycles. The molecule has 0 bridgehead atoms. The van der Waals surface area contributed by atoms with Gasteiger partial charge in [0.25, 0.3) is 10.0 Å². The predicted molar refractivity (Wildman–Crippen MR) is 73.5 cm³/mol. The minimum Gasteiger partial charge on any atom is -0.398 e. The first-order valence-corrected chi connectivity index (χ1v) is 7.62. The van der Waals surface area contributed by atoms with E-state index < -0.39 is 10.0 Å². The van der Waals surface area contributed by atoms with Crippen molar-refractivity contribution in [1.82, 2.24) is 4.98 Å². The first kappa shape index (κ1) is 13.1. The van der Waals surface area contributed by atoms with Crippen LogP contribution in [0.3, 0.4) is 0 Å². The minimum atomic E-state index is -3.68. The SMILES string of the molecule is Cc1csc(NS(=O)(=O)c2ccc(N)c(Cl)c2)n1. The number of aryl methyl sites for hydroxylation is 1. The average molecular weight is 304 g/mol. The Labute approximate surface area is 114 Å². The molecular weight excluding hydrogens is 294 g/mol. The quantitative estimate of drug-likeness (QED) is 0.853. The number of halogens is 1. The van der Waals surface area contributed by atoms with E-state index in [9.17, 15) is 8.42 Å². The summed E-state index contributed by atoms with van der Waals surface area (Å²) in [6.07, 6.45) is 0. The smallest absolute Gasteiger partial charge is 0.263 e. The highest BCUT2D eigenvalue weighted by Gasteiger charge is 2.16. The van der Waals surface area contributed by atoms with E-state index in [1.165, 1.54) is 29.5 Å². The summed E-state index contributed by atoms with van der Waals surface area (Å²) in [5.41, 5.74) is 6.62. The lowest BCUT2D eigenvalue weighted by Crippen LogP contribution is -2.12. The number of nitrogens with zero attached hydrogens (tertiary/aromatic N) is 1. The lowest BCUT2D eigenvalue weighted by Gasteiger charge is -2.06. The van der Waals surface area contributed by atoms with Gasteiger partial charge in [-0.1, -0.05) is 11.6 Å². The molecule has 1 aromatic heterocycles. The van der Waals surface area contributed by atoms with Crippen LogP contribution in [0.5, 0.6) is 0 Å². The van der Waals surface area contributed by atoms with E-state index in [4.69, 9.17) is 17.3 Å². The van der Waals surface area contributed by atoms with Crippen LogP contribution in [0.2, 0.25) is 5.02 Å². The van der Waals surface area contributed by atoms with E-state index >= 15 is 0 Å². The summed E-state index contributed by atoms with van der Waals surface area (Å²) in [7, 11) is -3.68. The van der Waals surface area contributed by atoms with E-state index in [2.05, 4.69) is 9.71 Å². The molecule has 18 heavy (non-hydrogen) atoms. The van der Waals surface area contributed by atoms with E-state index in [-0.39, 0.29) is 9.92 Å². The van der Waals surface area contributed by atoms with Crippen LogP contribution in [-0.2, 0) is 10.0 Å². The Morgan fingerprint density at radius 2 is 2.17 bits per heavy atom. The number of hydrogen-bond acceptors (Lipinski definition) is 5. The van der Waals surface area contributed by atoms with Gasteiger partial charge in [0.2, 0.25) is 0 Å². The lowest BCUT2D eigenvalue weighted by atomic mass is 10.3. The molecule has 0 radical (unpaired) electrons. The second-order valence-corrected chi connectivity index (χ2v) is 6.53. The number of sulfonamides is 1. The second-order valence-electron chi connectivity index (χ2n) is 3.58. The number of rotatable bonds is 3. The van der Waals surface area contributed by atoms with Gasteiger partial charge in [-0.25, -0.2) is 13.4 Å². The summed E-state index contributed by atoms with van der Waals surface area (Å²) in [6.45, 7) is 1.79. The van der Waals surface area contributed by atoms with Gasteiger partial charge in [-0.15, -0.1) is 11.3 Å². The summed E-state index contributed by atoms with van der Waals surface area (Å²) in [5, 5.41) is 2.28. The Hall–Kier alpha value is -1.31. The van der Waals surface area contributed by atoms with Gasteiger partial charge in [0, 0.05) is 5.38 Å². The number of hydrogen-bond donors (Lipinski definition) is 2. The molecule has 0 spiro atoms. The zero-order chi connectivity index (χ0) is 13.3. The van der Waals surface area contributed by atoms with Gasteiger partial charge >= 0.3 is 0 Å². The molecule has 0 amide bonds. The number of aromatic nitrogens is 1. The molecule has 2 rings (SSSR count). The van der Waals surface area contributed by atoms with Crippen LogP contribution in [0.25, 0.3) is 0 Å². The summed E-state index contributed by atoms with van der Waals surface area (Å²) < 4.78 is 26.4. The molecule has 0 aliphatic carbocycles. The number of benzene rings is 1. The van der Waals surface area contributed by atoms with Crippen molar-refractivity contribution in [2.24, 2.45) is 0 Å². The Morgan fingerprint density at radius 1 is 1.44 bits per heavy atom. The molecule has 0 saturated heterocycles. The second kappa shape index (κ2) is 4.75. The highest BCUT2D eigenvalue weighted by Crippen LogP contribution is 2.25. The molecule has 96 valence electrons. The van der Waals surface area contributed by atoms with Crippen LogP contribution in [0.15, 0.2) is 28.5 Å². The maximum absolute atomic E-state index is 12.0. The third-order valence-electron chi connectivity index (χ3n) is 2.12. The Balaban J connectivity index is 2.33. The summed E-state index contributed by atoms with van der Waals surface area (Å²) in [4.78, 5) is 4.08. The Morgan fingerprint density at radius 3 is 2.72 bits per heavy atom. The molecule has 0 aliphatic rings. The van der Waals surface area contributed by atoms with Crippen LogP contribution in [0, 0.1) is 6.92 Å². The average Bonchev–Trinajstić information content (AvgIpc) is 2.67. The van der Waals surface area contributed by atoms with Crippen LogP contribution in [0.4, 0.5) is 10.8 Å². The van der Waals surface area contributed by atoms with Gasteiger partial charge in [0.1, 0.15) is 0 Å². The normalized spacial score (nSPS) is 11.4. The molecule has 0 unspecified atom stereocenters. The molecule has 1 aromatic carbocycles. The predicted octanol–water partition coefficient (Wildman–Crippen LogP) is 2.49. The number of nitrogens with two attached hydrogens (primary N) is 1. The van der Waals surface area contributed by atoms with Crippen LogP contribution in [0.1, 0.15) is 5.69 Å². The fourth-order valence-electron chi connectivity index (χ4n) is 1.25. The summed E-state index contributed by atoms with van der Waals surface area (Å²) >= 11 is 7.02. The summed E-state index contributed by atoms with van der Waals surface area (Å²) in [5.74, 6) is 0. The first-order valence-electron chi connectivity index (χ1n) is 4.88. The summed E-state index contributed by atoms with van der Waals surface area (Å²) in [6, 6.07) is 4.15. The molecule has 0 fully saturated rings. The van der Waals surface area contributed by atoms with Gasteiger partial charge in [0.15, 0.2) is 5.13 Å². The maximum Gasteiger partial charge on any atom is 0.263 e. The molecule has 0 atom stereocenters. The molecule has 3 N–H and O–H groups in total. The minimum absolute atomic E-state index is 0.0505.